The molecule has 2 aliphatic carbocycles. The van der Waals surface area contributed by atoms with Gasteiger partial charge in [-0.05, 0) is 51.6 Å². The number of methoxy groups -OCH3 is 1. The first-order valence-corrected chi connectivity index (χ1v) is 12.2. The maximum absolute atomic E-state index is 12.8. The van der Waals surface area contributed by atoms with Gasteiger partial charge >= 0.3 is 17.9 Å². The number of hydrogen-bond acceptors (Lipinski definition) is 10. The van der Waals surface area contributed by atoms with Crippen molar-refractivity contribution in [2.45, 2.75) is 75.4 Å². The smallest absolute Gasteiger partial charge is 0.345 e. The number of likely N-dealkylation sites (N-methyl/N-ethyl adjacent to an activating group) is 1. The fourth-order valence-electron chi connectivity index (χ4n) is 5.79. The number of hydrogen-bond donors (Lipinski definition) is 3. The molecule has 11 nitrogen and oxygen atoms in total. The van der Waals surface area contributed by atoms with Crippen molar-refractivity contribution in [1.29, 1.82) is 0 Å². The van der Waals surface area contributed by atoms with E-state index >= 15 is 0 Å². The van der Waals surface area contributed by atoms with E-state index in [1.54, 1.807) is 6.08 Å². The number of esters is 2. The number of ether oxygens (including phenoxy) is 4. The number of aliphatic hydroxyl groups excluding tert-OH is 1. The Labute approximate surface area is 214 Å². The monoisotopic (exact) mass is 519 g/mol. The van der Waals surface area contributed by atoms with Gasteiger partial charge in [-0.3, -0.25) is 4.79 Å². The maximum Gasteiger partial charge on any atom is 0.345 e. The highest BCUT2D eigenvalue weighted by molar-refractivity contribution is 5.84. The predicted molar refractivity (Wildman–Crippen MR) is 128 cm³/mol. The quantitative estimate of drug-likeness (QED) is 0.399. The second kappa shape index (κ2) is 9.62. The Balaban J connectivity index is 1.68. The lowest BCUT2D eigenvalue weighted by Crippen LogP contribution is -2.69. The molecule has 0 bridgehead atoms. The molecular weight excluding hydrogens is 486 g/mol. The largest absolute Gasteiger partial charge is 0.493 e. The summed E-state index contributed by atoms with van der Waals surface area (Å²) in [7, 11) is 3.47. The van der Waals surface area contributed by atoms with Gasteiger partial charge in [-0.2, -0.15) is 0 Å². The zero-order chi connectivity index (χ0) is 27.3. The van der Waals surface area contributed by atoms with Crippen LogP contribution in [0.3, 0.4) is 0 Å². The molecule has 0 saturated carbocycles. The summed E-state index contributed by atoms with van der Waals surface area (Å²) in [5.41, 5.74) is -0.469. The number of aliphatic carboxylic acids is 1. The van der Waals surface area contributed by atoms with Gasteiger partial charge in [0.15, 0.2) is 17.6 Å². The van der Waals surface area contributed by atoms with Crippen LogP contribution in [-0.2, 0) is 35.7 Å². The van der Waals surface area contributed by atoms with Gasteiger partial charge in [0.1, 0.15) is 11.9 Å². The molecule has 0 fully saturated rings. The minimum atomic E-state index is -1.84. The van der Waals surface area contributed by atoms with Gasteiger partial charge in [0.05, 0.1) is 24.5 Å². The minimum Gasteiger partial charge on any atom is -0.493 e. The van der Waals surface area contributed by atoms with E-state index in [1.807, 2.05) is 33.0 Å². The molecule has 0 aromatic heterocycles. The number of carboxylic acids is 1. The molecule has 1 aromatic carbocycles. The number of benzene rings is 1. The third-order valence-corrected chi connectivity index (χ3v) is 7.93. The number of carboxylic acid groups (broad SMARTS) is 1. The molecule has 37 heavy (non-hydrogen) atoms. The molecule has 4 rings (SSSR count). The molecule has 11 heteroatoms. The Morgan fingerprint density at radius 3 is 2.59 bits per heavy atom. The summed E-state index contributed by atoms with van der Waals surface area (Å²) in [5.74, 6) is -2.59. The second-order valence-electron chi connectivity index (χ2n) is 9.98. The van der Waals surface area contributed by atoms with Gasteiger partial charge in [-0.25, -0.2) is 9.59 Å². The van der Waals surface area contributed by atoms with Crippen LogP contribution in [0.5, 0.6) is 11.5 Å². The molecule has 1 aromatic rings. The Bertz CT molecular complexity index is 1150. The van der Waals surface area contributed by atoms with Crippen LogP contribution in [-0.4, -0.2) is 88.8 Å². The average molecular weight is 520 g/mol. The average Bonchev–Trinajstić information content (AvgIpc) is 3.18. The van der Waals surface area contributed by atoms with Crippen LogP contribution < -0.4 is 9.47 Å². The summed E-state index contributed by atoms with van der Waals surface area (Å²) >= 11 is 0. The normalized spacial score (nSPS) is 28.9. The molecular formula is C26H33NO10. The van der Waals surface area contributed by atoms with Crippen molar-refractivity contribution >= 4 is 17.9 Å². The van der Waals surface area contributed by atoms with E-state index in [0.29, 0.717) is 24.5 Å². The fourth-order valence-corrected chi connectivity index (χ4v) is 5.79. The Morgan fingerprint density at radius 2 is 2.00 bits per heavy atom. The van der Waals surface area contributed by atoms with Crippen LogP contribution in [0.25, 0.3) is 0 Å². The van der Waals surface area contributed by atoms with E-state index in [2.05, 4.69) is 4.90 Å². The summed E-state index contributed by atoms with van der Waals surface area (Å²) in [4.78, 5) is 38.1. The van der Waals surface area contributed by atoms with Crippen LogP contribution in [0.15, 0.2) is 24.0 Å². The Kier molecular flexibility index (Phi) is 7.00. The lowest BCUT2D eigenvalue weighted by Gasteiger charge is -2.56. The van der Waals surface area contributed by atoms with Crippen molar-refractivity contribution in [3.05, 3.63) is 35.1 Å². The predicted octanol–water partition coefficient (Wildman–Crippen LogP) is 0.920. The highest BCUT2D eigenvalue weighted by Gasteiger charge is 2.68. The molecule has 0 unspecified atom stereocenters. The lowest BCUT2D eigenvalue weighted by atomic mass is 9.54. The van der Waals surface area contributed by atoms with Crippen LogP contribution in [0, 0.1) is 0 Å². The molecule has 0 saturated heterocycles. The fraction of sp³-hybridized carbons (Fsp3) is 0.577. The molecule has 1 aliphatic heterocycles. The molecule has 6 atom stereocenters. The number of nitrogens with zero attached hydrogens (tertiary/aromatic N) is 1. The zero-order valence-corrected chi connectivity index (χ0v) is 21.5. The van der Waals surface area contributed by atoms with E-state index in [4.69, 9.17) is 18.9 Å². The van der Waals surface area contributed by atoms with Gasteiger partial charge < -0.3 is 39.2 Å². The van der Waals surface area contributed by atoms with E-state index in [1.165, 1.54) is 7.11 Å². The van der Waals surface area contributed by atoms with E-state index in [9.17, 15) is 29.7 Å². The van der Waals surface area contributed by atoms with Crippen molar-refractivity contribution in [2.24, 2.45) is 0 Å². The van der Waals surface area contributed by atoms with Gasteiger partial charge in [-0.1, -0.05) is 13.0 Å². The van der Waals surface area contributed by atoms with Crippen LogP contribution in [0.1, 0.15) is 44.7 Å². The lowest BCUT2D eigenvalue weighted by molar-refractivity contribution is -0.173. The summed E-state index contributed by atoms with van der Waals surface area (Å²) < 4.78 is 22.2. The SMILES string of the molecule is CCN(C)[C@@H]1Cc2ccc(OC)c3c2[C@@]2(C)[C@@H](O3)C(OC(=O)C[C@H](OC(=O)[C@H](C)O)C(=O)O)=CC[C@@]12O. The number of carbonyl (C=O) groups excluding carboxylic acids is 2. The van der Waals surface area contributed by atoms with Gasteiger partial charge in [0.25, 0.3) is 0 Å². The van der Waals surface area contributed by atoms with E-state index < -0.39 is 53.7 Å². The van der Waals surface area contributed by atoms with Crippen molar-refractivity contribution in [3.63, 3.8) is 0 Å². The van der Waals surface area contributed by atoms with Crippen molar-refractivity contribution in [3.8, 4) is 11.5 Å². The minimum absolute atomic E-state index is 0.132. The first-order valence-electron chi connectivity index (χ1n) is 12.2. The third kappa shape index (κ3) is 4.14. The first-order chi connectivity index (χ1) is 17.4. The van der Waals surface area contributed by atoms with Gasteiger partial charge in [0.2, 0.25) is 6.10 Å². The molecule has 1 heterocycles. The number of carbonyl (C=O) groups is 3. The van der Waals surface area contributed by atoms with Crippen molar-refractivity contribution in [1.82, 2.24) is 4.90 Å². The zero-order valence-electron chi connectivity index (χ0n) is 21.5. The van der Waals surface area contributed by atoms with Crippen LogP contribution >= 0.6 is 0 Å². The molecule has 202 valence electrons. The summed E-state index contributed by atoms with van der Waals surface area (Å²) in [6, 6.07) is 3.53. The molecule has 0 spiro atoms. The topological polar surface area (TPSA) is 152 Å². The highest BCUT2D eigenvalue weighted by Crippen LogP contribution is 2.62. The Hall–Kier alpha value is -3.15. The standard InChI is InChI=1S/C26H33NO10/c1-6-27(4)18-11-14-7-8-15(34-5)21-20(14)25(3)22(37-21)16(9-10-26(18,25)33)35-19(29)12-17(23(30)31)36-24(32)13(2)28/h7-9,13,17-18,22,28,33H,6,10-12H2,1-5H3,(H,30,31)/t13-,17-,18+,22-,25-,26+/m0/s1. The van der Waals surface area contributed by atoms with Crippen molar-refractivity contribution in [2.75, 3.05) is 20.7 Å². The van der Waals surface area contributed by atoms with Crippen LogP contribution in [0.2, 0.25) is 0 Å². The first kappa shape index (κ1) is 26.9. The molecule has 0 amide bonds. The second-order valence-corrected chi connectivity index (χ2v) is 9.98. The van der Waals surface area contributed by atoms with Crippen molar-refractivity contribution < 1.29 is 48.7 Å². The molecule has 3 aliphatic rings. The molecule has 3 N–H and O–H groups in total. The van der Waals surface area contributed by atoms with Gasteiger partial charge in [0, 0.05) is 18.0 Å². The summed E-state index contributed by atoms with van der Waals surface area (Å²) in [6.45, 7) is 5.73. The summed E-state index contributed by atoms with van der Waals surface area (Å²) in [5, 5.41) is 30.9. The Morgan fingerprint density at radius 1 is 1.30 bits per heavy atom. The highest BCUT2D eigenvalue weighted by atomic mass is 16.6. The molecule has 0 radical (unpaired) electrons. The number of rotatable bonds is 9. The van der Waals surface area contributed by atoms with E-state index in [0.717, 1.165) is 18.1 Å². The van der Waals surface area contributed by atoms with E-state index in [-0.39, 0.29) is 18.2 Å². The van der Waals surface area contributed by atoms with Gasteiger partial charge in [-0.15, -0.1) is 0 Å². The maximum atomic E-state index is 12.8. The summed E-state index contributed by atoms with van der Waals surface area (Å²) in [6.07, 6.45) is -2.70. The van der Waals surface area contributed by atoms with Crippen LogP contribution in [0.4, 0.5) is 0 Å². The third-order valence-electron chi connectivity index (χ3n) is 7.93. The number of aliphatic hydroxyl groups is 2.